The van der Waals surface area contributed by atoms with E-state index in [1.165, 1.54) is 29.4 Å². The number of rotatable bonds is 6. The van der Waals surface area contributed by atoms with Crippen LogP contribution < -0.4 is 5.69 Å². The lowest BCUT2D eigenvalue weighted by Crippen LogP contribution is -2.60. The van der Waals surface area contributed by atoms with Gasteiger partial charge in [-0.1, -0.05) is 11.6 Å². The van der Waals surface area contributed by atoms with Crippen LogP contribution in [-0.2, 0) is 32.0 Å². The van der Waals surface area contributed by atoms with E-state index in [9.17, 15) is 35.4 Å². The molecule has 0 spiro atoms. The van der Waals surface area contributed by atoms with Crippen LogP contribution in [0.4, 0.5) is 0 Å². The minimum absolute atomic E-state index is 0.217. The summed E-state index contributed by atoms with van der Waals surface area (Å²) in [5, 5.41) is 61.7. The van der Waals surface area contributed by atoms with E-state index in [0.29, 0.717) is 16.1 Å². The molecular weight excluding hydrogens is 492 g/mol. The number of aromatic nitrogens is 2. The summed E-state index contributed by atoms with van der Waals surface area (Å²) in [5.41, 5.74) is 0.180. The monoisotopic (exact) mass is 520 g/mol. The number of hydrogen-bond donors (Lipinski definition) is 6. The minimum atomic E-state index is -1.65. The predicted molar refractivity (Wildman–Crippen MR) is 119 cm³/mol. The normalized spacial score (nSPS) is 38.2. The second-order valence-electron chi connectivity index (χ2n) is 8.63. The highest BCUT2D eigenvalue weighted by Gasteiger charge is 2.46. The van der Waals surface area contributed by atoms with Gasteiger partial charge < -0.3 is 49.6 Å². The molecule has 2 aromatic rings. The first-order valence-electron chi connectivity index (χ1n) is 10.9. The van der Waals surface area contributed by atoms with Gasteiger partial charge in [-0.3, -0.25) is 9.13 Å². The smallest absolute Gasteiger partial charge is 0.329 e. The Hall–Kier alpha value is -1.62. The Morgan fingerprint density at radius 1 is 0.800 bits per heavy atom. The molecule has 3 heterocycles. The molecule has 1 aromatic carbocycles. The van der Waals surface area contributed by atoms with Crippen molar-refractivity contribution < 1.29 is 49.6 Å². The second-order valence-corrected chi connectivity index (χ2v) is 9.07. The Balaban J connectivity index is 1.70. The molecule has 6 N–H and O–H groups in total. The molecular formula is C21H29ClN2O11. The summed E-state index contributed by atoms with van der Waals surface area (Å²) in [4.78, 5) is 13.5. The number of aliphatic hydroxyl groups excluding tert-OH is 6. The van der Waals surface area contributed by atoms with Crippen molar-refractivity contribution in [2.45, 2.75) is 74.5 Å². The van der Waals surface area contributed by atoms with E-state index < -0.39 is 67.1 Å². The van der Waals surface area contributed by atoms with Crippen molar-refractivity contribution in [1.82, 2.24) is 9.13 Å². The summed E-state index contributed by atoms with van der Waals surface area (Å²) < 4.78 is 23.4. The predicted octanol–water partition coefficient (Wildman–Crippen LogP) is -2.64. The molecule has 14 heteroatoms. The van der Waals surface area contributed by atoms with E-state index in [0.717, 1.165) is 0 Å². The zero-order valence-corrected chi connectivity index (χ0v) is 19.7. The quantitative estimate of drug-likeness (QED) is 0.234. The van der Waals surface area contributed by atoms with Crippen molar-refractivity contribution in [1.29, 1.82) is 0 Å². The van der Waals surface area contributed by atoms with Gasteiger partial charge in [0, 0.05) is 19.2 Å². The van der Waals surface area contributed by atoms with Crippen LogP contribution >= 0.6 is 11.6 Å². The third kappa shape index (κ3) is 4.74. The van der Waals surface area contributed by atoms with E-state index in [1.54, 1.807) is 12.1 Å². The number of ether oxygens (including phenoxy) is 4. The molecule has 2 fully saturated rings. The van der Waals surface area contributed by atoms with E-state index in [2.05, 4.69) is 0 Å². The van der Waals surface area contributed by atoms with Crippen LogP contribution in [0, 0.1) is 0 Å². The van der Waals surface area contributed by atoms with Crippen LogP contribution in [0.15, 0.2) is 23.0 Å². The number of fused-ring (bicyclic) bond motifs is 1. The van der Waals surface area contributed by atoms with Crippen molar-refractivity contribution in [2.75, 3.05) is 14.2 Å². The number of aliphatic hydroxyl groups is 6. The summed E-state index contributed by atoms with van der Waals surface area (Å²) in [5.74, 6) is 0. The Morgan fingerprint density at radius 3 is 1.71 bits per heavy atom. The Kier molecular flexibility index (Phi) is 7.85. The lowest BCUT2D eigenvalue weighted by atomic mass is 9.98. The lowest BCUT2D eigenvalue weighted by molar-refractivity contribution is -0.288. The van der Waals surface area contributed by atoms with Crippen LogP contribution in [-0.4, -0.2) is 115 Å². The fourth-order valence-corrected chi connectivity index (χ4v) is 4.86. The van der Waals surface area contributed by atoms with Crippen molar-refractivity contribution in [2.24, 2.45) is 0 Å². The van der Waals surface area contributed by atoms with Gasteiger partial charge in [-0.25, -0.2) is 4.79 Å². The van der Waals surface area contributed by atoms with Crippen LogP contribution in [0.5, 0.6) is 0 Å². The molecule has 1 aromatic heterocycles. The number of nitrogens with zero attached hydrogens (tertiary/aromatic N) is 2. The van der Waals surface area contributed by atoms with Crippen molar-refractivity contribution in [3.8, 4) is 0 Å². The highest BCUT2D eigenvalue weighted by Crippen LogP contribution is 2.27. The molecule has 0 radical (unpaired) electrons. The molecule has 2 aliphatic heterocycles. The maximum atomic E-state index is 13.5. The highest BCUT2D eigenvalue weighted by molar-refractivity contribution is 6.31. The minimum Gasteiger partial charge on any atom is -0.388 e. The van der Waals surface area contributed by atoms with Gasteiger partial charge in [0.2, 0.25) is 0 Å². The standard InChI is InChI=1S/C21H29ClN2O11/c1-32-17-13(25)11(34-19(29)15(17)27)6-23-9-4-3-8(22)5-10(9)24(21(23)31)7-12-14(26)18(33-2)16(28)20(30)35-12/h3-5,11-20,25-30H,6-7H2,1-2H3/t11-,12+,13+,14-,15+,16-,17+,18-,19-,20+/m1/s1. The van der Waals surface area contributed by atoms with E-state index in [-0.39, 0.29) is 13.1 Å². The average molecular weight is 521 g/mol. The molecule has 13 nitrogen and oxygen atoms in total. The SMILES string of the molecule is CO[C@H]1[C@@H](O)[C@@H](Cn2c(=O)n(C[C@@H]3O[C@H](O)[C@H](O)[C@H](OC)[C@@H]3O)c3cc(Cl)ccc32)O[C@@H](O)[C@H]1O. The first kappa shape index (κ1) is 26.4. The Bertz CT molecular complexity index is 1090. The third-order valence-corrected chi connectivity index (χ3v) is 6.81. The van der Waals surface area contributed by atoms with Crippen molar-refractivity contribution in [3.63, 3.8) is 0 Å². The molecule has 196 valence electrons. The molecule has 0 unspecified atom stereocenters. The number of hydrogen-bond acceptors (Lipinski definition) is 11. The van der Waals surface area contributed by atoms with Gasteiger partial charge in [0.15, 0.2) is 12.6 Å². The summed E-state index contributed by atoms with van der Waals surface area (Å²) in [6.07, 6.45) is -13.5. The maximum absolute atomic E-state index is 13.5. The first-order chi connectivity index (χ1) is 16.6. The van der Waals surface area contributed by atoms with E-state index >= 15 is 0 Å². The Morgan fingerprint density at radius 2 is 1.26 bits per heavy atom. The topological polar surface area (TPSA) is 185 Å². The van der Waals surface area contributed by atoms with Gasteiger partial charge in [-0.2, -0.15) is 0 Å². The van der Waals surface area contributed by atoms with Gasteiger partial charge in [0.05, 0.1) is 24.1 Å². The lowest BCUT2D eigenvalue weighted by Gasteiger charge is -2.40. The van der Waals surface area contributed by atoms with E-state index in [4.69, 9.17) is 30.5 Å². The molecule has 0 aliphatic carbocycles. The second kappa shape index (κ2) is 10.4. The molecule has 10 atom stereocenters. The number of halogens is 1. The van der Waals surface area contributed by atoms with Gasteiger partial charge >= 0.3 is 5.69 Å². The average Bonchev–Trinajstić information content (AvgIpc) is 3.06. The van der Waals surface area contributed by atoms with Gasteiger partial charge in [-0.15, -0.1) is 0 Å². The van der Waals surface area contributed by atoms with Crippen LogP contribution in [0.25, 0.3) is 11.0 Å². The third-order valence-electron chi connectivity index (χ3n) is 6.57. The molecule has 35 heavy (non-hydrogen) atoms. The number of benzene rings is 1. The highest BCUT2D eigenvalue weighted by atomic mass is 35.5. The molecule has 4 rings (SSSR count). The largest absolute Gasteiger partial charge is 0.388 e. The molecule has 0 bridgehead atoms. The maximum Gasteiger partial charge on any atom is 0.329 e. The Labute approximate surface area is 204 Å². The van der Waals surface area contributed by atoms with Crippen LogP contribution in [0.1, 0.15) is 0 Å². The van der Waals surface area contributed by atoms with Crippen LogP contribution in [0.2, 0.25) is 5.02 Å². The fourth-order valence-electron chi connectivity index (χ4n) is 4.70. The number of imidazole rings is 1. The summed E-state index contributed by atoms with van der Waals surface area (Å²) in [6.45, 7) is -0.450. The van der Waals surface area contributed by atoms with Crippen molar-refractivity contribution in [3.05, 3.63) is 33.7 Å². The zero-order valence-electron chi connectivity index (χ0n) is 18.9. The first-order valence-corrected chi connectivity index (χ1v) is 11.3. The van der Waals surface area contributed by atoms with E-state index in [1.807, 2.05) is 0 Å². The van der Waals surface area contributed by atoms with Gasteiger partial charge in [-0.05, 0) is 18.2 Å². The summed E-state index contributed by atoms with van der Waals surface area (Å²) in [6, 6.07) is 4.67. The zero-order chi connectivity index (χ0) is 25.6. The van der Waals surface area contributed by atoms with Crippen molar-refractivity contribution >= 4 is 22.6 Å². The molecule has 2 aliphatic rings. The summed E-state index contributed by atoms with van der Waals surface area (Å²) in [7, 11) is 2.53. The fraction of sp³-hybridized carbons (Fsp3) is 0.667. The molecule has 0 amide bonds. The molecule has 2 saturated heterocycles. The van der Waals surface area contributed by atoms with Gasteiger partial charge in [0.1, 0.15) is 48.8 Å². The number of methoxy groups -OCH3 is 2. The molecule has 0 saturated carbocycles. The van der Waals surface area contributed by atoms with Crippen LogP contribution in [0.3, 0.4) is 0 Å². The summed E-state index contributed by atoms with van der Waals surface area (Å²) >= 11 is 6.16. The van der Waals surface area contributed by atoms with Gasteiger partial charge in [0.25, 0.3) is 0 Å².